The second kappa shape index (κ2) is 5.77. The lowest BCUT2D eigenvalue weighted by atomic mass is 10.1. The fourth-order valence-corrected chi connectivity index (χ4v) is 3.16. The first-order valence-electron chi connectivity index (χ1n) is 6.86. The molecule has 5 heteroatoms. The third-order valence-electron chi connectivity index (χ3n) is 3.39. The number of rotatable bonds is 2. The summed E-state index contributed by atoms with van der Waals surface area (Å²) in [7, 11) is -3.77. The van der Waals surface area contributed by atoms with Crippen LogP contribution in [-0.4, -0.2) is 14.3 Å². The van der Waals surface area contributed by atoms with Gasteiger partial charge in [-0.25, -0.2) is 0 Å². The lowest BCUT2D eigenvalue weighted by molar-refractivity contribution is 0.467. The Morgan fingerprint density at radius 3 is 2.55 bits per heavy atom. The van der Waals surface area contributed by atoms with Gasteiger partial charge in [0.2, 0.25) is 5.90 Å². The number of hydrogen-bond donors (Lipinski definition) is 0. The van der Waals surface area contributed by atoms with Gasteiger partial charge in [-0.15, -0.1) is 4.40 Å². The van der Waals surface area contributed by atoms with Crippen molar-refractivity contribution in [3.63, 3.8) is 0 Å². The van der Waals surface area contributed by atoms with Crippen molar-refractivity contribution in [2.24, 2.45) is 4.40 Å². The summed E-state index contributed by atoms with van der Waals surface area (Å²) >= 11 is 0. The fraction of sp³-hybridized carbons (Fsp3) is 0.118. The summed E-state index contributed by atoms with van der Waals surface area (Å²) < 4.78 is 33.9. The highest BCUT2D eigenvalue weighted by Crippen LogP contribution is 2.19. The molecule has 0 N–H and O–H groups in total. The quantitative estimate of drug-likeness (QED) is 0.854. The van der Waals surface area contributed by atoms with Crippen LogP contribution < -0.4 is 0 Å². The molecule has 22 heavy (non-hydrogen) atoms. The zero-order chi connectivity index (χ0) is 15.6. The monoisotopic (exact) mass is 313 g/mol. The van der Waals surface area contributed by atoms with Gasteiger partial charge in [0.05, 0.1) is 17.6 Å². The van der Waals surface area contributed by atoms with Crippen molar-refractivity contribution in [2.75, 3.05) is 0 Å². The molecule has 0 aliphatic carbocycles. The van der Waals surface area contributed by atoms with Gasteiger partial charge in [0.25, 0.3) is 10.0 Å². The first-order valence-corrected chi connectivity index (χ1v) is 8.30. The molecule has 2 aromatic carbocycles. The minimum atomic E-state index is -3.77. The number of fused-ring (bicyclic) bond motifs is 1. The molecule has 0 aromatic heterocycles. The normalized spacial score (nSPS) is 16.0. The average molecular weight is 313 g/mol. The summed E-state index contributed by atoms with van der Waals surface area (Å²) in [5.41, 5.74) is 2.98. The van der Waals surface area contributed by atoms with Gasteiger partial charge in [-0.2, -0.15) is 8.42 Å². The maximum absolute atomic E-state index is 12.3. The van der Waals surface area contributed by atoms with Gasteiger partial charge < -0.3 is 4.74 Å². The second-order valence-corrected chi connectivity index (χ2v) is 6.67. The van der Waals surface area contributed by atoms with Crippen LogP contribution >= 0.6 is 0 Å². The fourth-order valence-electron chi connectivity index (χ4n) is 2.20. The number of hydrogen-bond acceptors (Lipinski definition) is 3. The summed E-state index contributed by atoms with van der Waals surface area (Å²) in [6, 6.07) is 14.3. The van der Waals surface area contributed by atoms with Gasteiger partial charge in [-0.3, -0.25) is 0 Å². The van der Waals surface area contributed by atoms with Crippen LogP contribution in [0.5, 0.6) is 0 Å². The zero-order valence-corrected chi connectivity index (χ0v) is 12.9. The van der Waals surface area contributed by atoms with Crippen molar-refractivity contribution >= 4 is 22.0 Å². The van der Waals surface area contributed by atoms with Crippen LogP contribution in [0.3, 0.4) is 0 Å². The Labute approximate surface area is 129 Å². The van der Waals surface area contributed by atoms with E-state index in [1.165, 1.54) is 6.26 Å². The van der Waals surface area contributed by atoms with E-state index in [4.69, 9.17) is 4.74 Å². The summed E-state index contributed by atoms with van der Waals surface area (Å²) in [4.78, 5) is 0.163. The molecule has 0 unspecified atom stereocenters. The Kier molecular flexibility index (Phi) is 3.81. The van der Waals surface area contributed by atoms with Gasteiger partial charge in [-0.05, 0) is 36.3 Å². The van der Waals surface area contributed by atoms with E-state index in [0.29, 0.717) is 6.42 Å². The van der Waals surface area contributed by atoms with Crippen molar-refractivity contribution in [3.05, 3.63) is 71.5 Å². The predicted octanol–water partition coefficient (Wildman–Crippen LogP) is 3.33. The minimum Gasteiger partial charge on any atom is -0.449 e. The number of benzene rings is 2. The first-order chi connectivity index (χ1) is 10.5. The Morgan fingerprint density at radius 1 is 1.05 bits per heavy atom. The van der Waals surface area contributed by atoms with E-state index in [1.54, 1.807) is 30.3 Å². The zero-order valence-electron chi connectivity index (χ0n) is 12.1. The molecule has 4 nitrogen and oxygen atoms in total. The van der Waals surface area contributed by atoms with Gasteiger partial charge in [0.1, 0.15) is 0 Å². The molecule has 2 aromatic rings. The molecule has 0 fully saturated rings. The highest BCUT2D eigenvalue weighted by atomic mass is 32.2. The Bertz CT molecular complexity index is 850. The minimum absolute atomic E-state index is 0.163. The Hall–Kier alpha value is -2.40. The molecule has 0 bridgehead atoms. The molecule has 0 atom stereocenters. The van der Waals surface area contributed by atoms with E-state index in [2.05, 4.69) is 4.40 Å². The molecule has 0 amide bonds. The molecule has 0 spiro atoms. The summed E-state index contributed by atoms with van der Waals surface area (Å²) in [6.07, 6.45) is 3.61. The molecule has 0 saturated carbocycles. The van der Waals surface area contributed by atoms with Crippen LogP contribution in [0.2, 0.25) is 0 Å². The van der Waals surface area contributed by atoms with E-state index in [-0.39, 0.29) is 10.8 Å². The van der Waals surface area contributed by atoms with E-state index < -0.39 is 10.0 Å². The molecule has 0 radical (unpaired) electrons. The Morgan fingerprint density at radius 2 is 1.77 bits per heavy atom. The largest absolute Gasteiger partial charge is 0.449 e. The third-order valence-corrected chi connectivity index (χ3v) is 4.70. The lowest BCUT2D eigenvalue weighted by Gasteiger charge is -2.05. The maximum atomic E-state index is 12.3. The van der Waals surface area contributed by atoms with E-state index in [0.717, 1.165) is 16.7 Å². The van der Waals surface area contributed by atoms with Crippen LogP contribution in [0.25, 0.3) is 6.08 Å². The van der Waals surface area contributed by atoms with Crippen molar-refractivity contribution in [1.29, 1.82) is 0 Å². The highest BCUT2D eigenvalue weighted by Gasteiger charge is 2.17. The highest BCUT2D eigenvalue weighted by molar-refractivity contribution is 7.90. The second-order valence-electron chi connectivity index (χ2n) is 5.07. The van der Waals surface area contributed by atoms with E-state index >= 15 is 0 Å². The summed E-state index contributed by atoms with van der Waals surface area (Å²) in [5, 5.41) is 0. The van der Waals surface area contributed by atoms with Crippen molar-refractivity contribution in [3.8, 4) is 0 Å². The van der Waals surface area contributed by atoms with Crippen LogP contribution in [0, 0.1) is 6.92 Å². The first kappa shape index (κ1) is 14.5. The molecule has 0 saturated heterocycles. The maximum Gasteiger partial charge on any atom is 0.285 e. The number of ether oxygens (including phenoxy) is 1. The number of aryl methyl sites for hydroxylation is 1. The smallest absolute Gasteiger partial charge is 0.285 e. The lowest BCUT2D eigenvalue weighted by Crippen LogP contribution is -2.09. The van der Waals surface area contributed by atoms with E-state index in [9.17, 15) is 8.42 Å². The van der Waals surface area contributed by atoms with Crippen LogP contribution in [0.1, 0.15) is 16.7 Å². The molecular formula is C17H15NO3S. The third kappa shape index (κ3) is 3.09. The van der Waals surface area contributed by atoms with Crippen LogP contribution in [-0.2, 0) is 21.2 Å². The molecule has 112 valence electrons. The average Bonchev–Trinajstić information content (AvgIpc) is 2.68. The predicted molar refractivity (Wildman–Crippen MR) is 86.1 cm³/mol. The van der Waals surface area contributed by atoms with Crippen molar-refractivity contribution in [1.82, 2.24) is 0 Å². The topological polar surface area (TPSA) is 55.7 Å². The summed E-state index contributed by atoms with van der Waals surface area (Å²) in [5.74, 6) is 0.168. The van der Waals surface area contributed by atoms with Gasteiger partial charge in [0, 0.05) is 0 Å². The molecular weight excluding hydrogens is 298 g/mol. The molecule has 1 aliphatic heterocycles. The van der Waals surface area contributed by atoms with Gasteiger partial charge in [0.15, 0.2) is 0 Å². The standard InChI is InChI=1S/C17H15NO3S/c1-13-6-8-16(9-7-13)22(19,20)18-17-12-15-5-3-2-4-14(15)10-11-21-17/h2-11H,12H2,1H3/b18-17+. The van der Waals surface area contributed by atoms with Crippen molar-refractivity contribution in [2.45, 2.75) is 18.2 Å². The van der Waals surface area contributed by atoms with Gasteiger partial charge in [-0.1, -0.05) is 42.0 Å². The summed E-state index contributed by atoms with van der Waals surface area (Å²) in [6.45, 7) is 1.90. The van der Waals surface area contributed by atoms with Crippen LogP contribution in [0.15, 0.2) is 64.1 Å². The van der Waals surface area contributed by atoms with E-state index in [1.807, 2.05) is 31.2 Å². The number of nitrogens with zero attached hydrogens (tertiary/aromatic N) is 1. The van der Waals surface area contributed by atoms with Crippen molar-refractivity contribution < 1.29 is 13.2 Å². The molecule has 1 aliphatic rings. The molecule has 3 rings (SSSR count). The van der Waals surface area contributed by atoms with Gasteiger partial charge >= 0.3 is 0 Å². The van der Waals surface area contributed by atoms with Crippen LogP contribution in [0.4, 0.5) is 0 Å². The SMILES string of the molecule is Cc1ccc(S(=O)(=O)/N=C2\Cc3ccccc3C=CO2)cc1. The number of sulfonamides is 1. The Balaban J connectivity index is 1.95. The molecule has 1 heterocycles.